The maximum Gasteiger partial charge on any atom is 0.237 e. The van der Waals surface area contributed by atoms with Crippen LogP contribution in [0.15, 0.2) is 12.2 Å². The van der Waals surface area contributed by atoms with E-state index in [0.717, 1.165) is 6.54 Å². The van der Waals surface area contributed by atoms with E-state index in [9.17, 15) is 4.79 Å². The van der Waals surface area contributed by atoms with Crippen molar-refractivity contribution in [2.24, 2.45) is 5.92 Å². The largest absolute Gasteiger partial charge is 0.351 e. The molecule has 0 aliphatic carbocycles. The Morgan fingerprint density at radius 1 is 1.50 bits per heavy atom. The van der Waals surface area contributed by atoms with Crippen molar-refractivity contribution < 1.29 is 4.79 Å². The SMILES string of the molecule is O=C(N[C@H]1CN2CCC1CC2)C1C=CC(Cl)(Br)S1. The molecule has 4 aliphatic heterocycles. The average molecular weight is 352 g/mol. The number of rotatable bonds is 2. The summed E-state index contributed by atoms with van der Waals surface area (Å²) in [6, 6.07) is 0.328. The number of nitrogens with one attached hydrogen (secondary N) is 1. The minimum Gasteiger partial charge on any atom is -0.351 e. The molecule has 4 heterocycles. The van der Waals surface area contributed by atoms with Crippen molar-refractivity contribution >= 4 is 45.2 Å². The van der Waals surface area contributed by atoms with E-state index in [0.29, 0.717) is 12.0 Å². The van der Waals surface area contributed by atoms with Crippen molar-refractivity contribution in [2.45, 2.75) is 27.2 Å². The number of hydrogen-bond acceptors (Lipinski definition) is 3. The van der Waals surface area contributed by atoms with Crippen molar-refractivity contribution in [2.75, 3.05) is 19.6 Å². The molecule has 3 fully saturated rings. The highest BCUT2D eigenvalue weighted by Gasteiger charge is 2.38. The number of alkyl halides is 2. The number of halogens is 2. The molecule has 1 N–H and O–H groups in total. The fourth-order valence-electron chi connectivity index (χ4n) is 2.98. The summed E-state index contributed by atoms with van der Waals surface area (Å²) in [5.41, 5.74) is 0. The molecule has 0 aromatic carbocycles. The molecule has 0 saturated carbocycles. The normalized spacial score (nSPS) is 46.3. The summed E-state index contributed by atoms with van der Waals surface area (Å²) >= 11 is 10.9. The van der Waals surface area contributed by atoms with Crippen LogP contribution in [0.1, 0.15) is 12.8 Å². The summed E-state index contributed by atoms with van der Waals surface area (Å²) < 4.78 is -0.607. The van der Waals surface area contributed by atoms with Gasteiger partial charge in [-0.25, -0.2) is 0 Å². The Kier molecular flexibility index (Phi) is 3.69. The van der Waals surface area contributed by atoms with Gasteiger partial charge in [0, 0.05) is 12.6 Å². The van der Waals surface area contributed by atoms with E-state index < -0.39 is 3.12 Å². The number of carbonyl (C=O) groups is 1. The molecule has 6 heteroatoms. The van der Waals surface area contributed by atoms with Gasteiger partial charge < -0.3 is 10.2 Å². The van der Waals surface area contributed by atoms with Gasteiger partial charge in [-0.1, -0.05) is 33.6 Å². The highest BCUT2D eigenvalue weighted by molar-refractivity contribution is 9.12. The van der Waals surface area contributed by atoms with Gasteiger partial charge in [0.05, 0.1) is 0 Å². The number of carbonyl (C=O) groups excluding carboxylic acids is 1. The van der Waals surface area contributed by atoms with E-state index in [4.69, 9.17) is 11.6 Å². The molecule has 4 aliphatic rings. The van der Waals surface area contributed by atoms with Crippen LogP contribution in [-0.2, 0) is 4.79 Å². The Labute approximate surface area is 125 Å². The Morgan fingerprint density at radius 2 is 2.22 bits per heavy atom. The van der Waals surface area contributed by atoms with Crippen molar-refractivity contribution in [1.29, 1.82) is 0 Å². The first-order valence-electron chi connectivity index (χ1n) is 6.31. The molecular weight excluding hydrogens is 336 g/mol. The second-order valence-corrected chi connectivity index (χ2v) is 9.65. The number of thioether (sulfide) groups is 1. The van der Waals surface area contributed by atoms with Crippen LogP contribution >= 0.6 is 39.3 Å². The zero-order chi connectivity index (χ0) is 12.8. The van der Waals surface area contributed by atoms with Gasteiger partial charge >= 0.3 is 0 Å². The van der Waals surface area contributed by atoms with E-state index in [2.05, 4.69) is 26.1 Å². The number of hydrogen-bond donors (Lipinski definition) is 1. The van der Waals surface area contributed by atoms with Gasteiger partial charge in [0.15, 0.2) is 3.12 Å². The predicted octanol–water partition coefficient (Wildman–Crippen LogP) is 2.16. The lowest BCUT2D eigenvalue weighted by Crippen LogP contribution is -2.58. The number of nitrogens with zero attached hydrogens (tertiary/aromatic N) is 1. The first-order valence-corrected chi connectivity index (χ1v) is 8.36. The fourth-order valence-corrected chi connectivity index (χ4v) is 4.93. The van der Waals surface area contributed by atoms with Crippen LogP contribution in [0.5, 0.6) is 0 Å². The molecule has 1 amide bonds. The third kappa shape index (κ3) is 2.74. The molecule has 0 aromatic heterocycles. The molecule has 0 radical (unpaired) electrons. The summed E-state index contributed by atoms with van der Waals surface area (Å²) in [6.07, 6.45) is 6.15. The average Bonchev–Trinajstić information content (AvgIpc) is 2.71. The van der Waals surface area contributed by atoms with E-state index in [1.54, 1.807) is 0 Å². The highest BCUT2D eigenvalue weighted by atomic mass is 79.9. The lowest BCUT2D eigenvalue weighted by Gasteiger charge is -2.45. The molecular formula is C12H16BrClN2OS. The smallest absolute Gasteiger partial charge is 0.237 e. The summed E-state index contributed by atoms with van der Waals surface area (Å²) in [6.45, 7) is 3.40. The molecule has 2 bridgehead atoms. The van der Waals surface area contributed by atoms with Crippen molar-refractivity contribution in [3.63, 3.8) is 0 Å². The van der Waals surface area contributed by atoms with Gasteiger partial charge in [0.1, 0.15) is 5.25 Å². The maximum atomic E-state index is 12.2. The molecule has 3 nitrogen and oxygen atoms in total. The lowest BCUT2D eigenvalue weighted by atomic mass is 9.84. The van der Waals surface area contributed by atoms with Crippen LogP contribution in [0.25, 0.3) is 0 Å². The van der Waals surface area contributed by atoms with Gasteiger partial charge in [-0.3, -0.25) is 4.79 Å². The standard InChI is InChI=1S/C12H16BrClN2OS/c13-12(14)4-1-10(18-12)11(17)15-9-7-16-5-2-8(9)3-6-16/h1,4,8-10H,2-3,5-7H2,(H,15,17)/t9-,10?,12?/m0/s1. The molecule has 18 heavy (non-hydrogen) atoms. The zero-order valence-electron chi connectivity index (χ0n) is 9.94. The number of amides is 1. The third-order valence-electron chi connectivity index (χ3n) is 3.99. The Hall–Kier alpha value is 0.290. The van der Waals surface area contributed by atoms with Crippen molar-refractivity contribution in [1.82, 2.24) is 10.2 Å². The van der Waals surface area contributed by atoms with Crippen LogP contribution in [0.4, 0.5) is 0 Å². The van der Waals surface area contributed by atoms with Gasteiger partial charge in [-0.2, -0.15) is 0 Å². The topological polar surface area (TPSA) is 32.3 Å². The minimum absolute atomic E-state index is 0.0944. The van der Waals surface area contributed by atoms with Crippen molar-refractivity contribution in [3.05, 3.63) is 12.2 Å². The third-order valence-corrected chi connectivity index (χ3v) is 6.29. The first-order chi connectivity index (χ1) is 8.53. The maximum absolute atomic E-state index is 12.2. The number of fused-ring (bicyclic) bond motifs is 3. The van der Waals surface area contributed by atoms with Gasteiger partial charge in [0.2, 0.25) is 5.91 Å². The van der Waals surface area contributed by atoms with Crippen LogP contribution in [0, 0.1) is 5.92 Å². The highest BCUT2D eigenvalue weighted by Crippen LogP contribution is 2.46. The van der Waals surface area contributed by atoms with Crippen LogP contribution < -0.4 is 5.32 Å². The molecule has 4 rings (SSSR count). The van der Waals surface area contributed by atoms with E-state index in [-0.39, 0.29) is 11.2 Å². The van der Waals surface area contributed by atoms with E-state index in [1.165, 1.54) is 37.7 Å². The Bertz CT molecular complexity index is 382. The summed E-state index contributed by atoms with van der Waals surface area (Å²) in [5.74, 6) is 0.760. The predicted molar refractivity (Wildman–Crippen MR) is 79.1 cm³/mol. The lowest BCUT2D eigenvalue weighted by molar-refractivity contribution is -0.121. The zero-order valence-corrected chi connectivity index (χ0v) is 13.1. The minimum atomic E-state index is -0.607. The summed E-state index contributed by atoms with van der Waals surface area (Å²) in [5, 5.41) is 3.03. The summed E-state index contributed by atoms with van der Waals surface area (Å²) in [4.78, 5) is 14.6. The van der Waals surface area contributed by atoms with Crippen LogP contribution in [-0.4, -0.2) is 44.8 Å². The molecule has 3 atom stereocenters. The van der Waals surface area contributed by atoms with E-state index >= 15 is 0 Å². The molecule has 0 aromatic rings. The second kappa shape index (κ2) is 5.00. The molecule has 100 valence electrons. The number of piperidine rings is 3. The summed E-state index contributed by atoms with van der Waals surface area (Å²) in [7, 11) is 0. The molecule has 2 unspecified atom stereocenters. The van der Waals surface area contributed by atoms with Crippen LogP contribution in [0.3, 0.4) is 0 Å². The molecule has 3 saturated heterocycles. The Morgan fingerprint density at radius 3 is 2.72 bits per heavy atom. The van der Waals surface area contributed by atoms with Gasteiger partial charge in [-0.05, 0) is 37.9 Å². The fraction of sp³-hybridized carbons (Fsp3) is 0.750. The second-order valence-electron chi connectivity index (χ2n) is 5.21. The van der Waals surface area contributed by atoms with Crippen LogP contribution in [0.2, 0.25) is 0 Å². The quantitative estimate of drug-likeness (QED) is 0.611. The monoisotopic (exact) mass is 350 g/mol. The van der Waals surface area contributed by atoms with Gasteiger partial charge in [-0.15, -0.1) is 11.8 Å². The molecule has 0 spiro atoms. The van der Waals surface area contributed by atoms with Gasteiger partial charge in [0.25, 0.3) is 0 Å². The Balaban J connectivity index is 1.57. The first kappa shape index (κ1) is 13.3. The van der Waals surface area contributed by atoms with E-state index in [1.807, 2.05) is 12.2 Å². The van der Waals surface area contributed by atoms with Crippen molar-refractivity contribution in [3.8, 4) is 0 Å².